The van der Waals surface area contributed by atoms with E-state index in [4.69, 9.17) is 9.47 Å². The molecule has 0 bridgehead atoms. The molecule has 0 radical (unpaired) electrons. The van der Waals surface area contributed by atoms with Gasteiger partial charge >= 0.3 is 0 Å². The molecule has 0 fully saturated rings. The van der Waals surface area contributed by atoms with Gasteiger partial charge in [0.2, 0.25) is 0 Å². The van der Waals surface area contributed by atoms with Crippen LogP contribution in [0.3, 0.4) is 0 Å². The van der Waals surface area contributed by atoms with Crippen LogP contribution in [-0.2, 0) is 9.84 Å². The van der Waals surface area contributed by atoms with Gasteiger partial charge in [0, 0.05) is 5.75 Å². The van der Waals surface area contributed by atoms with Crippen LogP contribution in [0.25, 0.3) is 0 Å². The third kappa shape index (κ3) is 4.72. The zero-order chi connectivity index (χ0) is 14.5. The van der Waals surface area contributed by atoms with Gasteiger partial charge in [0.05, 0.1) is 19.0 Å². The van der Waals surface area contributed by atoms with Gasteiger partial charge in [-0.2, -0.15) is 0 Å². The van der Waals surface area contributed by atoms with Crippen LogP contribution >= 0.6 is 0 Å². The van der Waals surface area contributed by atoms with Crippen molar-refractivity contribution < 1.29 is 23.0 Å². The minimum Gasteiger partial charge on any atom is -0.493 e. The highest BCUT2D eigenvalue weighted by molar-refractivity contribution is 7.91. The number of sulfone groups is 1. The Hall–Kier alpha value is -1.27. The molecule has 0 aromatic heterocycles. The number of aliphatic hydroxyl groups excluding tert-OH is 1. The number of methoxy groups -OCH3 is 1. The topological polar surface area (TPSA) is 72.8 Å². The summed E-state index contributed by atoms with van der Waals surface area (Å²) in [4.78, 5) is 0. The van der Waals surface area contributed by atoms with Crippen molar-refractivity contribution in [2.45, 2.75) is 20.0 Å². The highest BCUT2D eigenvalue weighted by Crippen LogP contribution is 2.30. The molecule has 1 aromatic carbocycles. The number of aliphatic hydroxyl groups is 1. The fourth-order valence-corrected chi connectivity index (χ4v) is 2.11. The Kier molecular flexibility index (Phi) is 5.62. The van der Waals surface area contributed by atoms with Gasteiger partial charge in [0.15, 0.2) is 21.3 Å². The molecule has 19 heavy (non-hydrogen) atoms. The van der Waals surface area contributed by atoms with E-state index in [1.54, 1.807) is 32.0 Å². The van der Waals surface area contributed by atoms with Crippen LogP contribution in [0, 0.1) is 0 Å². The van der Waals surface area contributed by atoms with Crippen molar-refractivity contribution in [2.24, 2.45) is 0 Å². The maximum Gasteiger partial charge on any atom is 0.161 e. The van der Waals surface area contributed by atoms with Crippen LogP contribution in [0.1, 0.15) is 25.5 Å². The summed E-state index contributed by atoms with van der Waals surface area (Å²) in [5.74, 6) is 1.03. The van der Waals surface area contributed by atoms with Crippen molar-refractivity contribution in [2.75, 3.05) is 25.2 Å². The first-order valence-corrected chi connectivity index (χ1v) is 7.91. The summed E-state index contributed by atoms with van der Waals surface area (Å²) in [5, 5.41) is 9.47. The molecular formula is C13H20O5S. The third-order valence-electron chi connectivity index (χ3n) is 2.76. The minimum atomic E-state index is -3.04. The maximum absolute atomic E-state index is 11.3. The van der Waals surface area contributed by atoms with E-state index >= 15 is 0 Å². The monoisotopic (exact) mass is 288 g/mol. The first-order chi connectivity index (χ1) is 8.89. The van der Waals surface area contributed by atoms with Crippen molar-refractivity contribution in [1.29, 1.82) is 0 Å². The quantitative estimate of drug-likeness (QED) is 0.824. The largest absolute Gasteiger partial charge is 0.493 e. The standard InChI is InChI=1S/C13H20O5S/c1-4-19(15,16)8-7-18-12-6-5-11(10(2)14)9-13(12)17-3/h5-6,9-10,14H,4,7-8H2,1-3H3/t10-/m1/s1. The molecule has 0 saturated heterocycles. The lowest BCUT2D eigenvalue weighted by Gasteiger charge is -2.13. The van der Waals surface area contributed by atoms with Gasteiger partial charge in [0.1, 0.15) is 6.61 Å². The molecule has 1 atom stereocenters. The summed E-state index contributed by atoms with van der Waals surface area (Å²) in [6.45, 7) is 3.34. The zero-order valence-corrected chi connectivity index (χ0v) is 12.2. The van der Waals surface area contributed by atoms with Crippen LogP contribution in [-0.4, -0.2) is 38.7 Å². The van der Waals surface area contributed by atoms with Crippen LogP contribution in [0.2, 0.25) is 0 Å². The number of rotatable bonds is 7. The Balaban J connectivity index is 2.73. The van der Waals surface area contributed by atoms with Crippen LogP contribution < -0.4 is 9.47 Å². The van der Waals surface area contributed by atoms with Crippen molar-refractivity contribution >= 4 is 9.84 Å². The summed E-state index contributed by atoms with van der Waals surface area (Å²) < 4.78 is 33.3. The minimum absolute atomic E-state index is 0.0230. The lowest BCUT2D eigenvalue weighted by molar-refractivity contribution is 0.198. The molecule has 1 N–H and O–H groups in total. The number of hydrogen-bond donors (Lipinski definition) is 1. The van der Waals surface area contributed by atoms with Gasteiger partial charge in [-0.15, -0.1) is 0 Å². The van der Waals surface area contributed by atoms with E-state index in [1.807, 2.05) is 0 Å². The lowest BCUT2D eigenvalue weighted by atomic mass is 10.1. The smallest absolute Gasteiger partial charge is 0.161 e. The van der Waals surface area contributed by atoms with Crippen molar-refractivity contribution in [3.63, 3.8) is 0 Å². The summed E-state index contributed by atoms with van der Waals surface area (Å²) in [5.41, 5.74) is 0.713. The van der Waals surface area contributed by atoms with Gasteiger partial charge in [-0.3, -0.25) is 0 Å². The Labute approximate surface area is 114 Å². The highest BCUT2D eigenvalue weighted by atomic mass is 32.2. The number of benzene rings is 1. The maximum atomic E-state index is 11.3. The van der Waals surface area contributed by atoms with E-state index in [1.165, 1.54) is 7.11 Å². The summed E-state index contributed by atoms with van der Waals surface area (Å²) in [6, 6.07) is 5.06. The van der Waals surface area contributed by atoms with Gasteiger partial charge in [-0.05, 0) is 24.6 Å². The fraction of sp³-hybridized carbons (Fsp3) is 0.538. The summed E-state index contributed by atoms with van der Waals surface area (Å²) >= 11 is 0. The zero-order valence-electron chi connectivity index (χ0n) is 11.4. The molecule has 108 valence electrons. The fourth-order valence-electron chi connectivity index (χ4n) is 1.49. The second-order valence-electron chi connectivity index (χ2n) is 4.17. The Morgan fingerprint density at radius 3 is 2.53 bits per heavy atom. The SMILES string of the molecule is CCS(=O)(=O)CCOc1ccc([C@@H](C)O)cc1OC. The normalized spacial score (nSPS) is 13.1. The molecule has 0 unspecified atom stereocenters. The molecule has 0 heterocycles. The molecule has 6 heteroatoms. The highest BCUT2D eigenvalue weighted by Gasteiger charge is 2.11. The molecule has 0 amide bonds. The molecule has 0 aliphatic rings. The van der Waals surface area contributed by atoms with Gasteiger partial charge in [-0.25, -0.2) is 8.42 Å². The van der Waals surface area contributed by atoms with Gasteiger partial charge in [-0.1, -0.05) is 13.0 Å². The average Bonchev–Trinajstić information content (AvgIpc) is 2.38. The molecule has 0 spiro atoms. The van der Waals surface area contributed by atoms with Crippen LogP contribution in [0.4, 0.5) is 0 Å². The van der Waals surface area contributed by atoms with Gasteiger partial charge < -0.3 is 14.6 Å². The second-order valence-corrected chi connectivity index (χ2v) is 6.64. The van der Waals surface area contributed by atoms with E-state index in [2.05, 4.69) is 0 Å². The predicted molar refractivity (Wildman–Crippen MR) is 73.5 cm³/mol. The molecule has 0 aliphatic heterocycles. The Morgan fingerprint density at radius 2 is 2.00 bits per heavy atom. The Bertz CT molecular complexity index is 508. The van der Waals surface area contributed by atoms with E-state index in [0.717, 1.165) is 0 Å². The van der Waals surface area contributed by atoms with Crippen molar-refractivity contribution in [1.82, 2.24) is 0 Å². The first kappa shape index (κ1) is 15.8. The van der Waals surface area contributed by atoms with Crippen LogP contribution in [0.5, 0.6) is 11.5 Å². The van der Waals surface area contributed by atoms with Crippen LogP contribution in [0.15, 0.2) is 18.2 Å². The molecule has 0 aliphatic carbocycles. The van der Waals surface area contributed by atoms with E-state index in [-0.39, 0.29) is 18.1 Å². The molecule has 1 aromatic rings. The van der Waals surface area contributed by atoms with Gasteiger partial charge in [0.25, 0.3) is 0 Å². The average molecular weight is 288 g/mol. The van der Waals surface area contributed by atoms with Crippen molar-refractivity contribution in [3.05, 3.63) is 23.8 Å². The number of hydrogen-bond acceptors (Lipinski definition) is 5. The summed E-state index contributed by atoms with van der Waals surface area (Å²) in [7, 11) is -1.54. The molecule has 5 nitrogen and oxygen atoms in total. The number of ether oxygens (including phenoxy) is 2. The van der Waals surface area contributed by atoms with E-state index in [9.17, 15) is 13.5 Å². The summed E-state index contributed by atoms with van der Waals surface area (Å²) in [6.07, 6.45) is -0.594. The van der Waals surface area contributed by atoms with Crippen molar-refractivity contribution in [3.8, 4) is 11.5 Å². The van der Waals surface area contributed by atoms with E-state index in [0.29, 0.717) is 17.1 Å². The molecular weight excluding hydrogens is 268 g/mol. The predicted octanol–water partition coefficient (Wildman–Crippen LogP) is 1.56. The molecule has 1 rings (SSSR count). The third-order valence-corrected chi connectivity index (χ3v) is 4.43. The second kappa shape index (κ2) is 6.77. The van der Waals surface area contributed by atoms with E-state index < -0.39 is 15.9 Å². The lowest BCUT2D eigenvalue weighted by Crippen LogP contribution is -2.15. The molecule has 0 saturated carbocycles. The first-order valence-electron chi connectivity index (χ1n) is 6.09. The Morgan fingerprint density at radius 1 is 1.32 bits per heavy atom.